The molecular weight excluding hydrogens is 238 g/mol. The minimum Gasteiger partial charge on any atom is -0.459 e. The second-order valence-corrected chi connectivity index (χ2v) is 5.46. The lowest BCUT2D eigenvalue weighted by atomic mass is 10.1. The molecule has 0 radical (unpaired) electrons. The van der Waals surface area contributed by atoms with E-state index in [9.17, 15) is 5.11 Å². The van der Waals surface area contributed by atoms with Gasteiger partial charge in [0.2, 0.25) is 0 Å². The Bertz CT molecular complexity index is 545. The predicted molar refractivity (Wildman–Crippen MR) is 78.3 cm³/mol. The second-order valence-electron chi connectivity index (χ2n) is 5.46. The molecule has 0 fully saturated rings. The Hall–Kier alpha value is -1.32. The summed E-state index contributed by atoms with van der Waals surface area (Å²) in [4.78, 5) is 0. The lowest BCUT2D eigenvalue weighted by Gasteiger charge is -2.20. The van der Waals surface area contributed by atoms with Gasteiger partial charge in [0.1, 0.15) is 11.3 Å². The normalized spacial score (nSPS) is 16.5. The molecule has 2 rings (SSSR count). The van der Waals surface area contributed by atoms with E-state index in [0.29, 0.717) is 0 Å². The summed E-state index contributed by atoms with van der Waals surface area (Å²) in [5.74, 6) is 0.985. The van der Waals surface area contributed by atoms with Crippen molar-refractivity contribution >= 4 is 11.0 Å². The molecule has 0 aliphatic heterocycles. The first-order chi connectivity index (χ1) is 8.99. The van der Waals surface area contributed by atoms with Crippen molar-refractivity contribution in [3.05, 3.63) is 35.6 Å². The molecule has 0 saturated carbocycles. The molecule has 0 spiro atoms. The number of hydrogen-bond acceptors (Lipinski definition) is 3. The minimum absolute atomic E-state index is 0.140. The van der Waals surface area contributed by atoms with Crippen LogP contribution < -0.4 is 5.32 Å². The summed E-state index contributed by atoms with van der Waals surface area (Å²) < 4.78 is 5.94. The molecule has 0 aliphatic carbocycles. The van der Waals surface area contributed by atoms with Crippen LogP contribution in [0.5, 0.6) is 0 Å². The van der Waals surface area contributed by atoms with Gasteiger partial charge in [-0.1, -0.05) is 18.2 Å². The van der Waals surface area contributed by atoms with Crippen molar-refractivity contribution in [3.8, 4) is 0 Å². The van der Waals surface area contributed by atoms with Crippen LogP contribution in [0.25, 0.3) is 11.0 Å². The molecule has 19 heavy (non-hydrogen) atoms. The molecule has 0 saturated heterocycles. The zero-order valence-electron chi connectivity index (χ0n) is 12.1. The van der Waals surface area contributed by atoms with Gasteiger partial charge in [-0.25, -0.2) is 0 Å². The molecule has 3 unspecified atom stereocenters. The van der Waals surface area contributed by atoms with E-state index < -0.39 is 0 Å². The molecule has 0 bridgehead atoms. The van der Waals surface area contributed by atoms with Crippen molar-refractivity contribution < 1.29 is 9.52 Å². The number of aliphatic hydroxyl groups is 1. The fourth-order valence-corrected chi connectivity index (χ4v) is 2.69. The predicted octanol–water partition coefficient (Wildman–Crippen LogP) is 3.55. The molecule has 0 aliphatic rings. The number of furan rings is 1. The number of aliphatic hydroxyl groups excluding tert-OH is 1. The van der Waals surface area contributed by atoms with Gasteiger partial charge >= 0.3 is 0 Å². The third kappa shape index (κ3) is 3.17. The Kier molecular flexibility index (Phi) is 4.27. The van der Waals surface area contributed by atoms with Crippen LogP contribution in [0, 0.1) is 6.92 Å². The van der Waals surface area contributed by atoms with E-state index in [1.165, 1.54) is 10.9 Å². The molecule has 3 nitrogen and oxygen atoms in total. The van der Waals surface area contributed by atoms with Crippen molar-refractivity contribution in [3.63, 3.8) is 0 Å². The first-order valence-corrected chi connectivity index (χ1v) is 6.91. The van der Waals surface area contributed by atoms with Crippen LogP contribution in [0.15, 0.2) is 28.7 Å². The fraction of sp³-hybridized carbons (Fsp3) is 0.500. The van der Waals surface area contributed by atoms with E-state index in [1.807, 2.05) is 25.1 Å². The van der Waals surface area contributed by atoms with Gasteiger partial charge in [0, 0.05) is 11.4 Å². The van der Waals surface area contributed by atoms with Crippen molar-refractivity contribution in [1.82, 2.24) is 5.32 Å². The van der Waals surface area contributed by atoms with Crippen molar-refractivity contribution in [2.45, 2.75) is 52.3 Å². The highest BCUT2D eigenvalue weighted by Crippen LogP contribution is 2.29. The first kappa shape index (κ1) is 14.1. The number of fused-ring (bicyclic) bond motifs is 1. The zero-order valence-corrected chi connectivity index (χ0v) is 12.1. The largest absolute Gasteiger partial charge is 0.459 e. The van der Waals surface area contributed by atoms with Crippen LogP contribution in [0.3, 0.4) is 0 Å². The Labute approximate surface area is 114 Å². The quantitative estimate of drug-likeness (QED) is 0.865. The summed E-state index contributed by atoms with van der Waals surface area (Å²) in [5.41, 5.74) is 2.13. The maximum absolute atomic E-state index is 9.41. The summed E-state index contributed by atoms with van der Waals surface area (Å²) in [6.07, 6.45) is 0.454. The van der Waals surface area contributed by atoms with Crippen LogP contribution in [0.2, 0.25) is 0 Å². The van der Waals surface area contributed by atoms with Gasteiger partial charge in [0.05, 0.1) is 12.1 Å². The third-order valence-corrected chi connectivity index (χ3v) is 3.50. The molecule has 3 heteroatoms. The highest BCUT2D eigenvalue weighted by Gasteiger charge is 2.18. The average Bonchev–Trinajstić information content (AvgIpc) is 2.66. The lowest BCUT2D eigenvalue weighted by Crippen LogP contribution is -2.31. The summed E-state index contributed by atoms with van der Waals surface area (Å²) in [6.45, 7) is 8.10. The number of hydrogen-bond donors (Lipinski definition) is 2. The highest BCUT2D eigenvalue weighted by molar-refractivity contribution is 5.82. The molecule has 2 aromatic rings. The third-order valence-electron chi connectivity index (χ3n) is 3.50. The monoisotopic (exact) mass is 261 g/mol. The molecule has 104 valence electrons. The summed E-state index contributed by atoms with van der Waals surface area (Å²) in [5, 5.41) is 14.1. The number of para-hydroxylation sites is 1. The standard InChI is InChI=1S/C16H23NO2/c1-10(9-11(2)18)17-13(4)16-12(3)14-7-5-6-8-15(14)19-16/h5-8,10-11,13,17-18H,9H2,1-4H3. The zero-order chi connectivity index (χ0) is 14.0. The van der Waals surface area contributed by atoms with E-state index >= 15 is 0 Å². The van der Waals surface area contributed by atoms with Crippen LogP contribution in [0.1, 0.15) is 44.6 Å². The number of benzene rings is 1. The van der Waals surface area contributed by atoms with Crippen molar-refractivity contribution in [1.29, 1.82) is 0 Å². The Balaban J connectivity index is 2.17. The molecule has 1 aromatic heterocycles. The van der Waals surface area contributed by atoms with Gasteiger partial charge in [-0.2, -0.15) is 0 Å². The molecule has 3 atom stereocenters. The van der Waals surface area contributed by atoms with Gasteiger partial charge in [-0.15, -0.1) is 0 Å². The number of nitrogens with one attached hydrogen (secondary N) is 1. The number of rotatable bonds is 5. The fourth-order valence-electron chi connectivity index (χ4n) is 2.69. The van der Waals surface area contributed by atoms with E-state index in [2.05, 4.69) is 32.2 Å². The maximum Gasteiger partial charge on any atom is 0.134 e. The summed E-state index contributed by atoms with van der Waals surface area (Å²) in [6, 6.07) is 8.50. The Morgan fingerprint density at radius 1 is 1.21 bits per heavy atom. The Morgan fingerprint density at radius 3 is 2.53 bits per heavy atom. The summed E-state index contributed by atoms with van der Waals surface area (Å²) in [7, 11) is 0. The molecule has 0 amide bonds. The number of aryl methyl sites for hydroxylation is 1. The topological polar surface area (TPSA) is 45.4 Å². The minimum atomic E-state index is -0.286. The highest BCUT2D eigenvalue weighted by atomic mass is 16.3. The van der Waals surface area contributed by atoms with Gasteiger partial charge in [0.15, 0.2) is 0 Å². The van der Waals surface area contributed by atoms with Crippen molar-refractivity contribution in [2.24, 2.45) is 0 Å². The van der Waals surface area contributed by atoms with Crippen LogP contribution in [-0.4, -0.2) is 17.3 Å². The molecule has 2 N–H and O–H groups in total. The molecular formula is C16H23NO2. The van der Waals surface area contributed by atoms with E-state index in [4.69, 9.17) is 4.42 Å². The SMILES string of the molecule is Cc1c(C(C)NC(C)CC(C)O)oc2ccccc12. The molecule has 1 aromatic carbocycles. The van der Waals surface area contributed by atoms with Crippen LogP contribution in [-0.2, 0) is 0 Å². The van der Waals surface area contributed by atoms with Gasteiger partial charge in [-0.3, -0.25) is 0 Å². The van der Waals surface area contributed by atoms with Gasteiger partial charge in [0.25, 0.3) is 0 Å². The summed E-state index contributed by atoms with van der Waals surface area (Å²) >= 11 is 0. The van der Waals surface area contributed by atoms with Crippen LogP contribution in [0.4, 0.5) is 0 Å². The van der Waals surface area contributed by atoms with Gasteiger partial charge in [-0.05, 0) is 45.7 Å². The maximum atomic E-state index is 9.41. The molecule has 1 heterocycles. The van der Waals surface area contributed by atoms with E-state index in [0.717, 1.165) is 17.8 Å². The Morgan fingerprint density at radius 2 is 1.89 bits per heavy atom. The van der Waals surface area contributed by atoms with Gasteiger partial charge < -0.3 is 14.8 Å². The smallest absolute Gasteiger partial charge is 0.134 e. The average molecular weight is 261 g/mol. The van der Waals surface area contributed by atoms with E-state index in [1.54, 1.807) is 0 Å². The lowest BCUT2D eigenvalue weighted by molar-refractivity contribution is 0.167. The van der Waals surface area contributed by atoms with E-state index in [-0.39, 0.29) is 18.2 Å². The first-order valence-electron chi connectivity index (χ1n) is 6.91. The second kappa shape index (κ2) is 5.76. The van der Waals surface area contributed by atoms with Crippen LogP contribution >= 0.6 is 0 Å². The van der Waals surface area contributed by atoms with Crippen molar-refractivity contribution in [2.75, 3.05) is 0 Å².